The van der Waals surface area contributed by atoms with Gasteiger partial charge in [-0.15, -0.1) is 11.3 Å². The molecule has 1 amide bonds. The van der Waals surface area contributed by atoms with E-state index in [9.17, 15) is 4.79 Å². The maximum Gasteiger partial charge on any atom is 0.273 e. The van der Waals surface area contributed by atoms with E-state index < -0.39 is 0 Å². The molecule has 1 saturated heterocycles. The third-order valence-electron chi connectivity index (χ3n) is 3.45. The highest BCUT2D eigenvalue weighted by Gasteiger charge is 2.27. The molecule has 0 aliphatic carbocycles. The number of ether oxygens (including phenoxy) is 1. The lowest BCUT2D eigenvalue weighted by atomic mass is 10.2. The first-order chi connectivity index (χ1) is 10.1. The number of carbonyl (C=O) groups is 1. The lowest BCUT2D eigenvalue weighted by Crippen LogP contribution is -2.48. The predicted octanol–water partition coefficient (Wildman–Crippen LogP) is 3.06. The number of amides is 1. The van der Waals surface area contributed by atoms with Crippen molar-refractivity contribution in [2.45, 2.75) is 26.1 Å². The normalized spacial score (nSPS) is 22.3. The summed E-state index contributed by atoms with van der Waals surface area (Å²) in [4.78, 5) is 18.9. The van der Waals surface area contributed by atoms with Crippen LogP contribution >= 0.6 is 11.3 Å². The molecule has 1 aromatic heterocycles. The molecular weight excluding hydrogens is 284 g/mol. The number of carbonyl (C=O) groups excluding carboxylic acids is 1. The van der Waals surface area contributed by atoms with E-state index in [1.807, 2.05) is 54.5 Å². The molecule has 21 heavy (non-hydrogen) atoms. The summed E-state index contributed by atoms with van der Waals surface area (Å²) < 4.78 is 5.67. The maximum atomic E-state index is 12.6. The van der Waals surface area contributed by atoms with Gasteiger partial charge in [0.15, 0.2) is 0 Å². The van der Waals surface area contributed by atoms with Crippen LogP contribution in [0.15, 0.2) is 35.7 Å². The summed E-state index contributed by atoms with van der Waals surface area (Å²) >= 11 is 1.51. The second-order valence-corrected chi connectivity index (χ2v) is 6.23. The van der Waals surface area contributed by atoms with Crippen LogP contribution in [0.3, 0.4) is 0 Å². The van der Waals surface area contributed by atoms with Crippen molar-refractivity contribution >= 4 is 17.2 Å². The van der Waals surface area contributed by atoms with Crippen LogP contribution in [0.4, 0.5) is 0 Å². The number of rotatable bonds is 2. The molecule has 0 radical (unpaired) electrons. The molecular formula is C16H18N2O2S. The summed E-state index contributed by atoms with van der Waals surface area (Å²) in [7, 11) is 0. The number of thiazole rings is 1. The molecule has 5 heteroatoms. The van der Waals surface area contributed by atoms with Gasteiger partial charge in [-0.25, -0.2) is 4.98 Å². The summed E-state index contributed by atoms with van der Waals surface area (Å²) in [6.45, 7) is 5.24. The van der Waals surface area contributed by atoms with E-state index in [0.717, 1.165) is 10.6 Å². The predicted molar refractivity (Wildman–Crippen MR) is 83.5 cm³/mol. The number of benzene rings is 1. The van der Waals surface area contributed by atoms with E-state index in [4.69, 9.17) is 4.74 Å². The minimum absolute atomic E-state index is 0.00423. The number of aromatic nitrogens is 1. The van der Waals surface area contributed by atoms with Crippen molar-refractivity contribution in [3.8, 4) is 10.6 Å². The molecule has 1 aliphatic rings. The van der Waals surface area contributed by atoms with E-state index in [-0.39, 0.29) is 18.1 Å². The lowest BCUT2D eigenvalue weighted by Gasteiger charge is -2.34. The largest absolute Gasteiger partial charge is 0.372 e. The second kappa shape index (κ2) is 5.95. The minimum atomic E-state index is -0.00423. The van der Waals surface area contributed by atoms with Crippen LogP contribution in [0.1, 0.15) is 24.3 Å². The summed E-state index contributed by atoms with van der Waals surface area (Å²) in [5.74, 6) is -0.00423. The van der Waals surface area contributed by atoms with E-state index in [1.165, 1.54) is 11.3 Å². The van der Waals surface area contributed by atoms with Crippen LogP contribution in [0.2, 0.25) is 0 Å². The summed E-state index contributed by atoms with van der Waals surface area (Å²) in [5.41, 5.74) is 1.57. The van der Waals surface area contributed by atoms with Gasteiger partial charge < -0.3 is 9.64 Å². The van der Waals surface area contributed by atoms with Gasteiger partial charge in [-0.3, -0.25) is 4.79 Å². The molecule has 2 atom stereocenters. The first-order valence-corrected chi connectivity index (χ1v) is 7.97. The third kappa shape index (κ3) is 3.14. The topological polar surface area (TPSA) is 42.4 Å². The lowest BCUT2D eigenvalue weighted by molar-refractivity contribution is -0.0587. The molecule has 0 bridgehead atoms. The Morgan fingerprint density at radius 1 is 1.24 bits per heavy atom. The van der Waals surface area contributed by atoms with Crippen molar-refractivity contribution in [3.63, 3.8) is 0 Å². The van der Waals surface area contributed by atoms with Gasteiger partial charge in [-0.1, -0.05) is 30.3 Å². The SMILES string of the molecule is C[C@@H]1CN(C(=O)c2csc(-c3ccccc3)n2)C[C@@H](C)O1. The molecule has 2 aromatic rings. The van der Waals surface area contributed by atoms with E-state index in [0.29, 0.717) is 18.8 Å². The zero-order valence-corrected chi connectivity index (χ0v) is 13.0. The molecule has 110 valence electrons. The summed E-state index contributed by atoms with van der Waals surface area (Å²) in [6, 6.07) is 9.94. The Labute approximate surface area is 128 Å². The van der Waals surface area contributed by atoms with Crippen molar-refractivity contribution in [1.82, 2.24) is 9.88 Å². The van der Waals surface area contributed by atoms with Crippen molar-refractivity contribution in [1.29, 1.82) is 0 Å². The Balaban J connectivity index is 1.78. The molecule has 0 unspecified atom stereocenters. The molecule has 1 aliphatic heterocycles. The molecule has 2 heterocycles. The number of hydrogen-bond donors (Lipinski definition) is 0. The van der Waals surface area contributed by atoms with Crippen LogP contribution in [-0.2, 0) is 4.74 Å². The average molecular weight is 302 g/mol. The molecule has 1 fully saturated rings. The summed E-state index contributed by atoms with van der Waals surface area (Å²) in [6.07, 6.45) is 0.148. The van der Waals surface area contributed by atoms with Crippen molar-refractivity contribution in [2.24, 2.45) is 0 Å². The Hall–Kier alpha value is -1.72. The van der Waals surface area contributed by atoms with Gasteiger partial charge in [-0.2, -0.15) is 0 Å². The number of hydrogen-bond acceptors (Lipinski definition) is 4. The van der Waals surface area contributed by atoms with Gasteiger partial charge in [0, 0.05) is 24.0 Å². The molecule has 1 aromatic carbocycles. The monoisotopic (exact) mass is 302 g/mol. The zero-order valence-electron chi connectivity index (χ0n) is 12.2. The molecule has 0 N–H and O–H groups in total. The molecule has 0 spiro atoms. The minimum Gasteiger partial charge on any atom is -0.372 e. The van der Waals surface area contributed by atoms with Crippen molar-refractivity contribution in [3.05, 3.63) is 41.4 Å². The molecule has 4 nitrogen and oxygen atoms in total. The van der Waals surface area contributed by atoms with E-state index in [2.05, 4.69) is 4.98 Å². The third-order valence-corrected chi connectivity index (χ3v) is 4.34. The van der Waals surface area contributed by atoms with Gasteiger partial charge in [-0.05, 0) is 13.8 Å². The number of nitrogens with zero attached hydrogens (tertiary/aromatic N) is 2. The standard InChI is InChI=1S/C16H18N2O2S/c1-11-8-18(9-12(2)20-11)16(19)14-10-21-15(17-14)13-6-4-3-5-7-13/h3-7,10-12H,8-9H2,1-2H3/t11-,12-/m1/s1. The van der Waals surface area contributed by atoms with Crippen LogP contribution in [0.25, 0.3) is 10.6 Å². The van der Waals surface area contributed by atoms with Crippen molar-refractivity contribution < 1.29 is 9.53 Å². The average Bonchev–Trinajstić information content (AvgIpc) is 2.96. The van der Waals surface area contributed by atoms with Crippen LogP contribution in [-0.4, -0.2) is 41.1 Å². The van der Waals surface area contributed by atoms with E-state index >= 15 is 0 Å². The summed E-state index contributed by atoms with van der Waals surface area (Å²) in [5, 5.41) is 2.73. The first-order valence-electron chi connectivity index (χ1n) is 7.09. The second-order valence-electron chi connectivity index (χ2n) is 5.37. The maximum absolute atomic E-state index is 12.6. The van der Waals surface area contributed by atoms with Crippen molar-refractivity contribution in [2.75, 3.05) is 13.1 Å². The molecule has 0 saturated carbocycles. The van der Waals surface area contributed by atoms with Gasteiger partial charge in [0.25, 0.3) is 5.91 Å². The fourth-order valence-corrected chi connectivity index (χ4v) is 3.39. The van der Waals surface area contributed by atoms with Crippen LogP contribution in [0, 0.1) is 0 Å². The number of morpholine rings is 1. The Kier molecular flexibility index (Phi) is 4.03. The highest BCUT2D eigenvalue weighted by atomic mass is 32.1. The Bertz CT molecular complexity index is 616. The smallest absolute Gasteiger partial charge is 0.273 e. The Morgan fingerprint density at radius 3 is 2.57 bits per heavy atom. The van der Waals surface area contributed by atoms with E-state index in [1.54, 1.807) is 0 Å². The Morgan fingerprint density at radius 2 is 1.90 bits per heavy atom. The first kappa shape index (κ1) is 14.2. The van der Waals surface area contributed by atoms with Gasteiger partial charge in [0.2, 0.25) is 0 Å². The fourth-order valence-electron chi connectivity index (χ4n) is 2.59. The van der Waals surface area contributed by atoms with Gasteiger partial charge in [0.1, 0.15) is 10.7 Å². The zero-order chi connectivity index (χ0) is 14.8. The van der Waals surface area contributed by atoms with Gasteiger partial charge in [0.05, 0.1) is 12.2 Å². The van der Waals surface area contributed by atoms with Crippen LogP contribution < -0.4 is 0 Å². The van der Waals surface area contributed by atoms with Gasteiger partial charge >= 0.3 is 0 Å². The molecule has 3 rings (SSSR count). The quantitative estimate of drug-likeness (QED) is 0.856. The fraction of sp³-hybridized carbons (Fsp3) is 0.375. The highest BCUT2D eigenvalue weighted by molar-refractivity contribution is 7.13. The highest BCUT2D eigenvalue weighted by Crippen LogP contribution is 2.24. The van der Waals surface area contributed by atoms with Crippen LogP contribution in [0.5, 0.6) is 0 Å².